The largest absolute Gasteiger partial charge is 0.487 e. The molecule has 132 valence electrons. The number of aromatic nitrogens is 3. The lowest BCUT2D eigenvalue weighted by molar-refractivity contribution is 0.0620. The molecule has 0 radical (unpaired) electrons. The van der Waals surface area contributed by atoms with Crippen LogP contribution in [0.2, 0.25) is 0 Å². The lowest BCUT2D eigenvalue weighted by atomic mass is 10.1. The summed E-state index contributed by atoms with van der Waals surface area (Å²) in [5, 5.41) is 4.51. The molecule has 2 aromatic heterocycles. The van der Waals surface area contributed by atoms with Gasteiger partial charge >= 0.3 is 0 Å². The van der Waals surface area contributed by atoms with Crippen molar-refractivity contribution in [2.24, 2.45) is 0 Å². The Labute approximate surface area is 152 Å². The highest BCUT2D eigenvalue weighted by Crippen LogP contribution is 2.24. The van der Waals surface area contributed by atoms with Crippen LogP contribution in [0.5, 0.6) is 5.75 Å². The zero-order chi connectivity index (χ0) is 17.9. The zero-order valence-corrected chi connectivity index (χ0v) is 14.6. The lowest BCUT2D eigenvalue weighted by Gasteiger charge is -2.32. The molecule has 6 heteroatoms. The van der Waals surface area contributed by atoms with Crippen LogP contribution >= 0.6 is 0 Å². The molecule has 26 heavy (non-hydrogen) atoms. The van der Waals surface area contributed by atoms with E-state index in [1.807, 2.05) is 66.4 Å². The van der Waals surface area contributed by atoms with Gasteiger partial charge in [0.2, 0.25) is 0 Å². The predicted molar refractivity (Wildman–Crippen MR) is 96.7 cm³/mol. The highest BCUT2D eigenvalue weighted by molar-refractivity contribution is 5.93. The van der Waals surface area contributed by atoms with Crippen LogP contribution in [0, 0.1) is 0 Å². The van der Waals surface area contributed by atoms with Crippen molar-refractivity contribution in [1.82, 2.24) is 19.7 Å². The number of fused-ring (bicyclic) bond motifs is 1. The minimum absolute atomic E-state index is 0.0205. The molecule has 0 saturated heterocycles. The summed E-state index contributed by atoms with van der Waals surface area (Å²) in [4.78, 5) is 19.1. The van der Waals surface area contributed by atoms with Crippen LogP contribution < -0.4 is 4.74 Å². The molecule has 1 unspecified atom stereocenters. The van der Waals surface area contributed by atoms with Crippen molar-refractivity contribution in [2.45, 2.75) is 26.1 Å². The molecule has 0 saturated carbocycles. The maximum absolute atomic E-state index is 12.9. The summed E-state index contributed by atoms with van der Waals surface area (Å²) in [7, 11) is 0. The van der Waals surface area contributed by atoms with Gasteiger partial charge < -0.3 is 9.64 Å². The maximum atomic E-state index is 12.9. The fourth-order valence-electron chi connectivity index (χ4n) is 3.16. The Morgan fingerprint density at radius 1 is 1.12 bits per heavy atom. The number of para-hydroxylation sites is 1. The first kappa shape index (κ1) is 16.3. The summed E-state index contributed by atoms with van der Waals surface area (Å²) in [6, 6.07) is 17.1. The van der Waals surface area contributed by atoms with Crippen LogP contribution in [0.15, 0.2) is 60.8 Å². The third-order valence-electron chi connectivity index (χ3n) is 4.58. The Balaban J connectivity index is 1.49. The summed E-state index contributed by atoms with van der Waals surface area (Å²) in [6.45, 7) is 3.63. The van der Waals surface area contributed by atoms with Crippen LogP contribution in [0.3, 0.4) is 0 Å². The second-order valence-corrected chi connectivity index (χ2v) is 6.27. The molecule has 0 spiro atoms. The van der Waals surface area contributed by atoms with E-state index in [2.05, 4.69) is 10.1 Å². The Hall–Kier alpha value is -3.15. The van der Waals surface area contributed by atoms with Crippen molar-refractivity contribution >= 4 is 5.91 Å². The Bertz CT molecular complexity index is 893. The average molecular weight is 348 g/mol. The fourth-order valence-corrected chi connectivity index (χ4v) is 3.16. The highest BCUT2D eigenvalue weighted by atomic mass is 16.5. The van der Waals surface area contributed by atoms with Crippen molar-refractivity contribution in [3.63, 3.8) is 0 Å². The molecular formula is C20H20N4O2. The number of hydrogen-bond acceptors (Lipinski definition) is 4. The normalized spacial score (nSPS) is 14.8. The highest BCUT2D eigenvalue weighted by Gasteiger charge is 2.30. The second kappa shape index (κ2) is 7.00. The number of carbonyl (C=O) groups excluding carboxylic acids is 1. The molecule has 1 aliphatic rings. The van der Waals surface area contributed by atoms with E-state index in [-0.39, 0.29) is 11.9 Å². The molecular weight excluding hydrogens is 328 g/mol. The van der Waals surface area contributed by atoms with Crippen LogP contribution in [-0.2, 0) is 13.2 Å². The first-order chi connectivity index (χ1) is 12.7. The molecule has 3 aromatic rings. The Kier molecular flexibility index (Phi) is 4.39. The van der Waals surface area contributed by atoms with Gasteiger partial charge in [-0.1, -0.05) is 24.3 Å². The number of amides is 1. The molecule has 0 N–H and O–H groups in total. The van der Waals surface area contributed by atoms with E-state index in [9.17, 15) is 4.79 Å². The average Bonchev–Trinajstić information content (AvgIpc) is 3.12. The molecule has 0 aliphatic carbocycles. The number of hydrogen-bond donors (Lipinski definition) is 0. The van der Waals surface area contributed by atoms with Crippen molar-refractivity contribution in [3.05, 3.63) is 77.9 Å². The van der Waals surface area contributed by atoms with E-state index in [0.29, 0.717) is 25.4 Å². The van der Waals surface area contributed by atoms with Gasteiger partial charge in [-0.2, -0.15) is 5.10 Å². The standard InChI is InChI=1S/C20H20N4O2/c1-15(18-9-5-6-10-21-18)23-11-12-24-19(20(23)25)13-16(22-24)14-26-17-7-3-2-4-8-17/h2-10,13,15H,11-12,14H2,1H3. The SMILES string of the molecule is CC(c1ccccn1)N1CCn2nc(COc3ccccc3)cc2C1=O. The molecule has 3 heterocycles. The van der Waals surface area contributed by atoms with Gasteiger partial charge in [0.25, 0.3) is 5.91 Å². The number of benzene rings is 1. The maximum Gasteiger partial charge on any atom is 0.272 e. The molecule has 4 rings (SSSR count). The van der Waals surface area contributed by atoms with Gasteiger partial charge in [0, 0.05) is 12.7 Å². The molecule has 1 aromatic carbocycles. The van der Waals surface area contributed by atoms with Gasteiger partial charge in [0.1, 0.15) is 23.7 Å². The van der Waals surface area contributed by atoms with Crippen molar-refractivity contribution in [3.8, 4) is 5.75 Å². The molecule has 6 nitrogen and oxygen atoms in total. The number of pyridine rings is 1. The van der Waals surface area contributed by atoms with Gasteiger partial charge in [0.05, 0.1) is 18.3 Å². The Morgan fingerprint density at radius 2 is 1.92 bits per heavy atom. The van der Waals surface area contributed by atoms with Gasteiger partial charge in [-0.3, -0.25) is 14.5 Å². The topological polar surface area (TPSA) is 60.3 Å². The van der Waals surface area contributed by atoms with Gasteiger partial charge in [-0.15, -0.1) is 0 Å². The number of ether oxygens (including phenoxy) is 1. The summed E-state index contributed by atoms with van der Waals surface area (Å²) in [5.74, 6) is 0.767. The van der Waals surface area contributed by atoms with E-state index < -0.39 is 0 Å². The number of rotatable bonds is 5. The van der Waals surface area contributed by atoms with Crippen LogP contribution in [0.1, 0.15) is 34.8 Å². The van der Waals surface area contributed by atoms with Gasteiger partial charge in [-0.05, 0) is 37.3 Å². The second-order valence-electron chi connectivity index (χ2n) is 6.27. The van der Waals surface area contributed by atoms with Crippen molar-refractivity contribution < 1.29 is 9.53 Å². The van der Waals surface area contributed by atoms with Crippen molar-refractivity contribution in [1.29, 1.82) is 0 Å². The minimum Gasteiger partial charge on any atom is -0.487 e. The van der Waals surface area contributed by atoms with E-state index >= 15 is 0 Å². The molecule has 0 bridgehead atoms. The summed E-state index contributed by atoms with van der Waals surface area (Å²) in [5.41, 5.74) is 2.25. The van der Waals surface area contributed by atoms with E-state index in [0.717, 1.165) is 17.1 Å². The van der Waals surface area contributed by atoms with Gasteiger partial charge in [-0.25, -0.2) is 0 Å². The first-order valence-corrected chi connectivity index (χ1v) is 8.69. The zero-order valence-electron chi connectivity index (χ0n) is 14.6. The lowest BCUT2D eigenvalue weighted by Crippen LogP contribution is -2.42. The quantitative estimate of drug-likeness (QED) is 0.711. The third-order valence-corrected chi connectivity index (χ3v) is 4.58. The molecule has 1 amide bonds. The number of nitrogens with zero attached hydrogens (tertiary/aromatic N) is 4. The third kappa shape index (κ3) is 3.18. The van der Waals surface area contributed by atoms with E-state index in [4.69, 9.17) is 4.74 Å². The van der Waals surface area contributed by atoms with Crippen molar-refractivity contribution in [2.75, 3.05) is 6.54 Å². The minimum atomic E-state index is -0.0728. The summed E-state index contributed by atoms with van der Waals surface area (Å²) >= 11 is 0. The van der Waals surface area contributed by atoms with E-state index in [1.165, 1.54) is 0 Å². The monoisotopic (exact) mass is 348 g/mol. The Morgan fingerprint density at radius 3 is 2.69 bits per heavy atom. The van der Waals surface area contributed by atoms with Crippen LogP contribution in [-0.4, -0.2) is 32.1 Å². The summed E-state index contributed by atoms with van der Waals surface area (Å²) in [6.07, 6.45) is 1.75. The predicted octanol–water partition coefficient (Wildman–Crippen LogP) is 3.07. The smallest absolute Gasteiger partial charge is 0.272 e. The summed E-state index contributed by atoms with van der Waals surface area (Å²) < 4.78 is 7.51. The van der Waals surface area contributed by atoms with Crippen LogP contribution in [0.25, 0.3) is 0 Å². The fraction of sp³-hybridized carbons (Fsp3) is 0.250. The number of carbonyl (C=O) groups is 1. The first-order valence-electron chi connectivity index (χ1n) is 8.69. The molecule has 0 fully saturated rings. The van der Waals surface area contributed by atoms with E-state index in [1.54, 1.807) is 10.9 Å². The molecule has 1 atom stereocenters. The van der Waals surface area contributed by atoms with Gasteiger partial charge in [0.15, 0.2) is 0 Å². The van der Waals surface area contributed by atoms with Crippen LogP contribution in [0.4, 0.5) is 0 Å². The molecule has 1 aliphatic heterocycles.